The predicted octanol–water partition coefficient (Wildman–Crippen LogP) is 6.75. The number of ketones is 1. The molecule has 0 aromatic heterocycles. The number of para-hydroxylation sites is 2. The normalized spacial score (nSPS) is 19.4. The van der Waals surface area contributed by atoms with Crippen molar-refractivity contribution in [2.45, 2.75) is 51.0 Å². The maximum atomic E-state index is 13.7. The largest absolute Gasteiger partial charge is 0.465 e. The van der Waals surface area contributed by atoms with Gasteiger partial charge < -0.3 is 15.4 Å². The molecule has 2 atom stereocenters. The fourth-order valence-electron chi connectivity index (χ4n) is 5.16. The van der Waals surface area contributed by atoms with Crippen molar-refractivity contribution in [1.82, 2.24) is 0 Å². The smallest absolute Gasteiger partial charge is 0.337 e. The average Bonchev–Trinajstić information content (AvgIpc) is 3.05. The first-order valence-electron chi connectivity index (χ1n) is 12.4. The van der Waals surface area contributed by atoms with Crippen LogP contribution in [0.25, 0.3) is 0 Å². The summed E-state index contributed by atoms with van der Waals surface area (Å²) in [6.07, 6.45) is 1.22. The molecule has 0 fully saturated rings. The number of anilines is 2. The van der Waals surface area contributed by atoms with Crippen LogP contribution in [0.15, 0.2) is 84.1 Å². The molecule has 5 heteroatoms. The SMILES string of the molecule is COC(=O)c1ccc([C@@H]2Nc3ccccc3NC3=C2C(=O)C[C@H](c2ccc(C(C)(C)C)cc2)C3)cc1. The van der Waals surface area contributed by atoms with Crippen molar-refractivity contribution in [3.63, 3.8) is 0 Å². The van der Waals surface area contributed by atoms with E-state index in [0.29, 0.717) is 12.0 Å². The Balaban J connectivity index is 1.53. The Morgan fingerprint density at radius 1 is 0.861 bits per heavy atom. The molecule has 36 heavy (non-hydrogen) atoms. The number of carbonyl (C=O) groups is 2. The molecule has 3 aromatic carbocycles. The minimum absolute atomic E-state index is 0.0888. The predicted molar refractivity (Wildman–Crippen MR) is 143 cm³/mol. The van der Waals surface area contributed by atoms with E-state index >= 15 is 0 Å². The molecular formula is C31H32N2O3. The van der Waals surface area contributed by atoms with Crippen LogP contribution in [0.4, 0.5) is 11.4 Å². The van der Waals surface area contributed by atoms with Crippen LogP contribution in [0.5, 0.6) is 0 Å². The third-order valence-electron chi connectivity index (χ3n) is 7.22. The van der Waals surface area contributed by atoms with Crippen LogP contribution in [-0.4, -0.2) is 18.9 Å². The Hall–Kier alpha value is -3.86. The molecule has 5 nitrogen and oxygen atoms in total. The molecule has 1 aliphatic heterocycles. The maximum absolute atomic E-state index is 13.7. The number of esters is 1. The van der Waals surface area contributed by atoms with Crippen molar-refractivity contribution in [3.05, 3.63) is 106 Å². The molecule has 5 rings (SSSR count). The molecular weight excluding hydrogens is 448 g/mol. The highest BCUT2D eigenvalue weighted by molar-refractivity contribution is 6.01. The van der Waals surface area contributed by atoms with Crippen LogP contribution in [0.1, 0.15) is 72.6 Å². The summed E-state index contributed by atoms with van der Waals surface area (Å²) >= 11 is 0. The van der Waals surface area contributed by atoms with Gasteiger partial charge in [0.2, 0.25) is 0 Å². The molecule has 1 heterocycles. The Labute approximate surface area is 212 Å². The fourth-order valence-corrected chi connectivity index (χ4v) is 5.16. The van der Waals surface area contributed by atoms with Crippen LogP contribution >= 0.6 is 0 Å². The lowest BCUT2D eigenvalue weighted by molar-refractivity contribution is -0.116. The van der Waals surface area contributed by atoms with Gasteiger partial charge in [-0.25, -0.2) is 4.79 Å². The number of nitrogens with one attached hydrogen (secondary N) is 2. The topological polar surface area (TPSA) is 67.4 Å². The highest BCUT2D eigenvalue weighted by Crippen LogP contribution is 2.44. The van der Waals surface area contributed by atoms with Gasteiger partial charge in [-0.2, -0.15) is 0 Å². The van der Waals surface area contributed by atoms with Gasteiger partial charge in [-0.1, -0.05) is 69.3 Å². The summed E-state index contributed by atoms with van der Waals surface area (Å²) in [5.74, 6) is -0.127. The number of hydrogen-bond donors (Lipinski definition) is 2. The molecule has 0 bridgehead atoms. The van der Waals surface area contributed by atoms with Gasteiger partial charge in [0, 0.05) is 17.7 Å². The standard InChI is InChI=1S/C31H32N2O3/c1-31(2,3)23-15-13-19(14-16-23)22-17-26-28(27(34)18-22)29(33-25-8-6-5-7-24(25)32-26)20-9-11-21(12-10-20)30(35)36-4/h5-16,22,29,32-33H,17-18H2,1-4H3/t22-,29+/m1/s1. The maximum Gasteiger partial charge on any atom is 0.337 e. The lowest BCUT2D eigenvalue weighted by Gasteiger charge is -2.30. The monoisotopic (exact) mass is 480 g/mol. The van der Waals surface area contributed by atoms with E-state index in [2.05, 4.69) is 55.7 Å². The molecule has 184 valence electrons. The van der Waals surface area contributed by atoms with Crippen molar-refractivity contribution in [3.8, 4) is 0 Å². The van der Waals surface area contributed by atoms with Crippen LogP contribution in [0.3, 0.4) is 0 Å². The second kappa shape index (κ2) is 9.30. The molecule has 0 saturated carbocycles. The van der Waals surface area contributed by atoms with Crippen molar-refractivity contribution < 1.29 is 14.3 Å². The van der Waals surface area contributed by atoms with E-state index in [4.69, 9.17) is 4.74 Å². The fraction of sp³-hybridized carbons (Fsp3) is 0.290. The van der Waals surface area contributed by atoms with Gasteiger partial charge in [0.05, 0.1) is 30.1 Å². The third kappa shape index (κ3) is 4.53. The summed E-state index contributed by atoms with van der Waals surface area (Å²) in [5, 5.41) is 7.18. The zero-order chi connectivity index (χ0) is 25.4. The van der Waals surface area contributed by atoms with Crippen LogP contribution in [0.2, 0.25) is 0 Å². The number of allylic oxidation sites excluding steroid dienone is 1. The summed E-state index contributed by atoms with van der Waals surface area (Å²) < 4.78 is 4.84. The van der Waals surface area contributed by atoms with E-state index in [1.165, 1.54) is 18.2 Å². The van der Waals surface area contributed by atoms with E-state index in [1.807, 2.05) is 36.4 Å². The first-order valence-corrected chi connectivity index (χ1v) is 12.4. The zero-order valence-corrected chi connectivity index (χ0v) is 21.2. The zero-order valence-electron chi connectivity index (χ0n) is 21.2. The summed E-state index contributed by atoms with van der Waals surface area (Å²) in [4.78, 5) is 25.7. The molecule has 2 N–H and O–H groups in total. The number of rotatable bonds is 3. The van der Waals surface area contributed by atoms with Gasteiger partial charge in [0.25, 0.3) is 0 Å². The summed E-state index contributed by atoms with van der Waals surface area (Å²) in [7, 11) is 1.37. The molecule has 0 unspecified atom stereocenters. The Kier molecular flexibility index (Phi) is 6.17. The number of methoxy groups -OCH3 is 1. The molecule has 0 saturated heterocycles. The number of ether oxygens (including phenoxy) is 1. The highest BCUT2D eigenvalue weighted by Gasteiger charge is 2.36. The second-order valence-corrected chi connectivity index (χ2v) is 10.7. The third-order valence-corrected chi connectivity index (χ3v) is 7.22. The lowest BCUT2D eigenvalue weighted by atomic mass is 9.77. The Morgan fingerprint density at radius 3 is 2.14 bits per heavy atom. The van der Waals surface area contributed by atoms with E-state index in [0.717, 1.165) is 34.6 Å². The molecule has 0 amide bonds. The van der Waals surface area contributed by atoms with Gasteiger partial charge >= 0.3 is 5.97 Å². The minimum Gasteiger partial charge on any atom is -0.465 e. The second-order valence-electron chi connectivity index (χ2n) is 10.7. The highest BCUT2D eigenvalue weighted by atomic mass is 16.5. The van der Waals surface area contributed by atoms with Gasteiger partial charge in [-0.15, -0.1) is 0 Å². The van der Waals surface area contributed by atoms with E-state index < -0.39 is 0 Å². The van der Waals surface area contributed by atoms with E-state index in [1.54, 1.807) is 12.1 Å². The van der Waals surface area contributed by atoms with Crippen LogP contribution in [0, 0.1) is 0 Å². The molecule has 0 radical (unpaired) electrons. The molecule has 2 aliphatic rings. The van der Waals surface area contributed by atoms with Gasteiger partial charge in [0.15, 0.2) is 5.78 Å². The van der Waals surface area contributed by atoms with Gasteiger partial charge in [0.1, 0.15) is 0 Å². The van der Waals surface area contributed by atoms with Gasteiger partial charge in [-0.3, -0.25) is 4.79 Å². The molecule has 1 aliphatic carbocycles. The molecule has 0 spiro atoms. The number of carbonyl (C=O) groups excluding carboxylic acids is 2. The lowest BCUT2D eigenvalue weighted by Crippen LogP contribution is -2.27. The first kappa shape index (κ1) is 23.9. The molecule has 3 aromatic rings. The van der Waals surface area contributed by atoms with Crippen LogP contribution < -0.4 is 10.6 Å². The van der Waals surface area contributed by atoms with Crippen molar-refractivity contribution in [2.24, 2.45) is 0 Å². The van der Waals surface area contributed by atoms with Crippen molar-refractivity contribution in [1.29, 1.82) is 0 Å². The summed E-state index contributed by atoms with van der Waals surface area (Å²) in [5.41, 5.74) is 7.58. The van der Waals surface area contributed by atoms with E-state index in [9.17, 15) is 9.59 Å². The number of Topliss-reactive ketones (excluding diaryl/α,β-unsaturated/α-hetero) is 1. The number of benzene rings is 3. The Morgan fingerprint density at radius 2 is 1.50 bits per heavy atom. The van der Waals surface area contributed by atoms with Crippen LogP contribution in [-0.2, 0) is 14.9 Å². The van der Waals surface area contributed by atoms with E-state index in [-0.39, 0.29) is 29.1 Å². The summed E-state index contributed by atoms with van der Waals surface area (Å²) in [6, 6.07) is 23.7. The Bertz CT molecular complexity index is 1330. The van der Waals surface area contributed by atoms with Gasteiger partial charge in [-0.05, 0) is 58.7 Å². The van der Waals surface area contributed by atoms with Crippen molar-refractivity contribution >= 4 is 23.1 Å². The average molecular weight is 481 g/mol. The number of fused-ring (bicyclic) bond motifs is 1. The summed E-state index contributed by atoms with van der Waals surface area (Å²) in [6.45, 7) is 6.63. The quantitative estimate of drug-likeness (QED) is 0.406. The number of hydrogen-bond acceptors (Lipinski definition) is 5. The minimum atomic E-state index is -0.378. The van der Waals surface area contributed by atoms with Crippen molar-refractivity contribution in [2.75, 3.05) is 17.7 Å². The first-order chi connectivity index (χ1) is 17.2.